The normalized spacial score (nSPS) is 11.0. The third-order valence-electron chi connectivity index (χ3n) is 4.15. The van der Waals surface area contributed by atoms with Crippen molar-refractivity contribution < 1.29 is 9.21 Å². The molecule has 1 aromatic heterocycles. The lowest BCUT2D eigenvalue weighted by Gasteiger charge is -2.09. The van der Waals surface area contributed by atoms with Gasteiger partial charge in [-0.05, 0) is 93.5 Å². The zero-order chi connectivity index (χ0) is 19.8. The number of carbonyl (C=O) groups excluding carboxylic acids is 1. The number of nitrogens with zero attached hydrogens (tertiary/aromatic N) is 1. The minimum atomic E-state index is -0.184. The van der Waals surface area contributed by atoms with Crippen LogP contribution in [0.1, 0.15) is 15.9 Å². The van der Waals surface area contributed by atoms with Crippen molar-refractivity contribution in [1.82, 2.24) is 4.98 Å². The lowest BCUT2D eigenvalue weighted by molar-refractivity contribution is 0.102. The Kier molecular flexibility index (Phi) is 5.57. The fourth-order valence-electron chi connectivity index (χ4n) is 2.81. The number of hydrogen-bond donors (Lipinski definition) is 1. The van der Waals surface area contributed by atoms with E-state index in [0.29, 0.717) is 17.1 Å². The van der Waals surface area contributed by atoms with Crippen molar-refractivity contribution in [2.45, 2.75) is 6.92 Å². The lowest BCUT2D eigenvalue weighted by Crippen LogP contribution is -2.13. The summed E-state index contributed by atoms with van der Waals surface area (Å²) in [6, 6.07) is 17.1. The first-order valence-electron chi connectivity index (χ1n) is 8.34. The van der Waals surface area contributed by atoms with Crippen molar-refractivity contribution >= 4 is 77.1 Å². The third-order valence-corrected chi connectivity index (χ3v) is 7.13. The van der Waals surface area contributed by atoms with E-state index in [0.717, 1.165) is 34.7 Å². The molecule has 1 N–H and O–H groups in total. The van der Waals surface area contributed by atoms with Crippen LogP contribution < -0.4 is 5.32 Å². The molecule has 0 fully saturated rings. The van der Waals surface area contributed by atoms with Gasteiger partial charge in [-0.3, -0.25) is 4.79 Å². The van der Waals surface area contributed by atoms with E-state index in [1.165, 1.54) is 0 Å². The molecule has 0 saturated carbocycles. The first-order chi connectivity index (χ1) is 13.4. The first kappa shape index (κ1) is 19.6. The smallest absolute Gasteiger partial charge is 0.256 e. The Morgan fingerprint density at radius 3 is 2.75 bits per heavy atom. The highest BCUT2D eigenvalue weighted by Gasteiger charge is 2.15. The summed E-state index contributed by atoms with van der Waals surface area (Å²) in [5, 5.41) is 2.95. The van der Waals surface area contributed by atoms with Crippen molar-refractivity contribution in [2.24, 2.45) is 0 Å². The number of anilines is 1. The van der Waals surface area contributed by atoms with Crippen LogP contribution in [0.2, 0.25) is 0 Å². The van der Waals surface area contributed by atoms with Gasteiger partial charge >= 0.3 is 0 Å². The molecule has 0 aliphatic rings. The number of fused-ring (bicyclic) bond motifs is 1. The second kappa shape index (κ2) is 7.96. The van der Waals surface area contributed by atoms with Gasteiger partial charge in [-0.15, -0.1) is 0 Å². The molecule has 0 unspecified atom stereocenters. The Hall–Kier alpha value is -1.71. The molecule has 1 amide bonds. The summed E-state index contributed by atoms with van der Waals surface area (Å²) in [4.78, 5) is 17.3. The Morgan fingerprint density at radius 2 is 1.93 bits per heavy atom. The predicted octanol–water partition coefficient (Wildman–Crippen LogP) is 7.19. The molecule has 0 saturated heterocycles. The van der Waals surface area contributed by atoms with Crippen molar-refractivity contribution in [3.05, 3.63) is 78.2 Å². The SMILES string of the molecule is Cc1ccc2oc(-c3cccc(NC(=O)c4cc(Br)cc(Br)c4I)c3)nc2c1. The van der Waals surface area contributed by atoms with Gasteiger partial charge in [0.25, 0.3) is 5.91 Å². The molecule has 28 heavy (non-hydrogen) atoms. The fourth-order valence-corrected chi connectivity index (χ4v) is 4.59. The monoisotopic (exact) mass is 610 g/mol. The fraction of sp³-hybridized carbons (Fsp3) is 0.0476. The predicted molar refractivity (Wildman–Crippen MR) is 127 cm³/mol. The molecular formula is C21H13Br2IN2O2. The van der Waals surface area contributed by atoms with Crippen LogP contribution in [0.25, 0.3) is 22.6 Å². The van der Waals surface area contributed by atoms with Crippen molar-refractivity contribution in [3.8, 4) is 11.5 Å². The second-order valence-corrected chi connectivity index (χ2v) is 9.12. The quantitative estimate of drug-likeness (QED) is 0.197. The molecule has 1 heterocycles. The van der Waals surface area contributed by atoms with E-state index in [1.54, 1.807) is 6.07 Å². The summed E-state index contributed by atoms with van der Waals surface area (Å²) in [5.74, 6) is 0.341. The molecule has 0 aliphatic carbocycles. The largest absolute Gasteiger partial charge is 0.436 e. The molecule has 0 spiro atoms. The highest BCUT2D eigenvalue weighted by atomic mass is 127. The van der Waals surface area contributed by atoms with Crippen LogP contribution in [-0.2, 0) is 0 Å². The minimum Gasteiger partial charge on any atom is -0.436 e. The molecule has 0 bridgehead atoms. The Labute approximate surface area is 192 Å². The topological polar surface area (TPSA) is 55.1 Å². The van der Waals surface area contributed by atoms with E-state index in [1.807, 2.05) is 55.5 Å². The van der Waals surface area contributed by atoms with Crippen LogP contribution in [0.4, 0.5) is 5.69 Å². The van der Waals surface area contributed by atoms with Gasteiger partial charge in [0.05, 0.1) is 5.56 Å². The van der Waals surface area contributed by atoms with Gasteiger partial charge in [0.15, 0.2) is 5.58 Å². The van der Waals surface area contributed by atoms with Crippen molar-refractivity contribution in [1.29, 1.82) is 0 Å². The number of carbonyl (C=O) groups is 1. The first-order valence-corrected chi connectivity index (χ1v) is 11.0. The Balaban J connectivity index is 1.64. The summed E-state index contributed by atoms with van der Waals surface area (Å²) in [6.07, 6.45) is 0. The summed E-state index contributed by atoms with van der Waals surface area (Å²) in [5.41, 5.74) is 4.75. The number of benzene rings is 3. The van der Waals surface area contributed by atoms with Crippen LogP contribution in [-0.4, -0.2) is 10.9 Å². The molecule has 0 atom stereocenters. The molecule has 0 aliphatic heterocycles. The van der Waals surface area contributed by atoms with Gasteiger partial charge in [-0.2, -0.15) is 0 Å². The summed E-state index contributed by atoms with van der Waals surface area (Å²) in [6.45, 7) is 2.02. The minimum absolute atomic E-state index is 0.184. The van der Waals surface area contributed by atoms with E-state index < -0.39 is 0 Å². The second-order valence-electron chi connectivity index (χ2n) is 6.27. The van der Waals surface area contributed by atoms with E-state index in [2.05, 4.69) is 64.8 Å². The zero-order valence-corrected chi connectivity index (χ0v) is 19.9. The van der Waals surface area contributed by atoms with Gasteiger partial charge in [-0.1, -0.05) is 28.1 Å². The number of aromatic nitrogens is 1. The molecular weight excluding hydrogens is 599 g/mol. The van der Waals surface area contributed by atoms with Crippen LogP contribution in [0.3, 0.4) is 0 Å². The average Bonchev–Trinajstić information content (AvgIpc) is 3.08. The average molecular weight is 612 g/mol. The summed E-state index contributed by atoms with van der Waals surface area (Å²) >= 11 is 9.06. The highest BCUT2D eigenvalue weighted by molar-refractivity contribution is 14.1. The van der Waals surface area contributed by atoms with Gasteiger partial charge in [-0.25, -0.2) is 4.98 Å². The van der Waals surface area contributed by atoms with Crippen LogP contribution in [0.5, 0.6) is 0 Å². The van der Waals surface area contributed by atoms with Crippen LogP contribution >= 0.6 is 54.5 Å². The number of aryl methyl sites for hydroxylation is 1. The third kappa shape index (κ3) is 4.01. The number of oxazole rings is 1. The number of rotatable bonds is 3. The number of nitrogens with one attached hydrogen (secondary N) is 1. The molecule has 4 aromatic rings. The Bertz CT molecular complexity index is 1220. The van der Waals surface area contributed by atoms with Gasteiger partial charge in [0.2, 0.25) is 5.89 Å². The summed E-state index contributed by atoms with van der Waals surface area (Å²) in [7, 11) is 0. The number of hydrogen-bond acceptors (Lipinski definition) is 3. The number of amides is 1. The maximum absolute atomic E-state index is 12.8. The molecule has 4 rings (SSSR count). The standard InChI is InChI=1S/C21H13Br2IN2O2/c1-11-5-6-18-17(7-11)26-21(28-18)12-3-2-4-14(8-12)25-20(27)15-9-13(22)10-16(23)19(15)24/h2-10H,1H3,(H,25,27). The molecule has 0 radical (unpaired) electrons. The van der Waals surface area contributed by atoms with E-state index in [4.69, 9.17) is 4.42 Å². The lowest BCUT2D eigenvalue weighted by atomic mass is 10.1. The van der Waals surface area contributed by atoms with Gasteiger partial charge in [0, 0.05) is 23.8 Å². The maximum Gasteiger partial charge on any atom is 0.256 e. The van der Waals surface area contributed by atoms with E-state index in [-0.39, 0.29) is 5.91 Å². The van der Waals surface area contributed by atoms with Crippen molar-refractivity contribution in [3.63, 3.8) is 0 Å². The Morgan fingerprint density at radius 1 is 1.11 bits per heavy atom. The van der Waals surface area contributed by atoms with Crippen LogP contribution in [0.15, 0.2) is 68.0 Å². The zero-order valence-electron chi connectivity index (χ0n) is 14.6. The highest BCUT2D eigenvalue weighted by Crippen LogP contribution is 2.29. The van der Waals surface area contributed by atoms with Gasteiger partial charge in [0.1, 0.15) is 5.52 Å². The molecule has 4 nitrogen and oxygen atoms in total. The maximum atomic E-state index is 12.8. The summed E-state index contributed by atoms with van der Waals surface area (Å²) < 4.78 is 8.42. The van der Waals surface area contributed by atoms with Gasteiger partial charge < -0.3 is 9.73 Å². The molecule has 140 valence electrons. The molecule has 7 heteroatoms. The van der Waals surface area contributed by atoms with Crippen LogP contribution in [0, 0.1) is 10.5 Å². The van der Waals surface area contributed by atoms with E-state index in [9.17, 15) is 4.79 Å². The van der Waals surface area contributed by atoms with E-state index >= 15 is 0 Å². The molecule has 3 aromatic carbocycles. The number of halogens is 3. The van der Waals surface area contributed by atoms with Crippen molar-refractivity contribution in [2.75, 3.05) is 5.32 Å².